The highest BCUT2D eigenvalue weighted by molar-refractivity contribution is 5.69. The van der Waals surface area contributed by atoms with Gasteiger partial charge in [-0.3, -0.25) is 9.59 Å². The summed E-state index contributed by atoms with van der Waals surface area (Å²) < 4.78 is 9.25. The minimum absolute atomic E-state index is 0.105. The Hall–Kier alpha value is -1.06. The van der Waals surface area contributed by atoms with Crippen molar-refractivity contribution in [3.05, 3.63) is 0 Å². The first-order valence-corrected chi connectivity index (χ1v) is 5.43. The molecule has 0 bridgehead atoms. The van der Waals surface area contributed by atoms with Crippen LogP contribution in [0.3, 0.4) is 0 Å². The summed E-state index contributed by atoms with van der Waals surface area (Å²) in [5.41, 5.74) is 0. The third kappa shape index (κ3) is 15.7. The number of hydrogen-bond acceptors (Lipinski definition) is 4. The molecule has 0 aromatic carbocycles. The van der Waals surface area contributed by atoms with Gasteiger partial charge in [-0.1, -0.05) is 20.8 Å². The summed E-state index contributed by atoms with van der Waals surface area (Å²) in [6.07, 6.45) is 1.87. The standard InChI is InChI=1S/C6H12O2.C5H10O2/c1-3-5-8-6(7)4-2;1-3-5(6)7-4-2/h3-5H2,1-2H3;3-4H2,1-2H3. The Bertz CT molecular complexity index is 166. The van der Waals surface area contributed by atoms with E-state index in [2.05, 4.69) is 4.74 Å². The van der Waals surface area contributed by atoms with Crippen LogP contribution in [-0.4, -0.2) is 25.2 Å². The van der Waals surface area contributed by atoms with Crippen LogP contribution in [-0.2, 0) is 19.1 Å². The second kappa shape index (κ2) is 12.9. The number of ether oxygens (including phenoxy) is 2. The second-order valence-electron chi connectivity index (χ2n) is 2.73. The Labute approximate surface area is 91.9 Å². The molecule has 0 heterocycles. The van der Waals surface area contributed by atoms with Crippen molar-refractivity contribution in [2.45, 2.75) is 47.0 Å². The average Bonchev–Trinajstić information content (AvgIpc) is 2.26. The number of hydrogen-bond donors (Lipinski definition) is 0. The van der Waals surface area contributed by atoms with E-state index in [9.17, 15) is 9.59 Å². The molecule has 0 amide bonds. The lowest BCUT2D eigenvalue weighted by Gasteiger charge is -1.97. The monoisotopic (exact) mass is 218 g/mol. The molecule has 0 aliphatic rings. The molecule has 0 fully saturated rings. The summed E-state index contributed by atoms with van der Waals surface area (Å²) in [5, 5.41) is 0. The molecule has 0 radical (unpaired) electrons. The summed E-state index contributed by atoms with van der Waals surface area (Å²) >= 11 is 0. The van der Waals surface area contributed by atoms with Crippen molar-refractivity contribution in [1.82, 2.24) is 0 Å². The van der Waals surface area contributed by atoms with Gasteiger partial charge in [-0.05, 0) is 13.3 Å². The molecule has 0 aliphatic carbocycles. The summed E-state index contributed by atoms with van der Waals surface area (Å²) in [6.45, 7) is 8.39. The Morgan fingerprint density at radius 1 is 0.867 bits per heavy atom. The van der Waals surface area contributed by atoms with Crippen molar-refractivity contribution in [3.63, 3.8) is 0 Å². The highest BCUT2D eigenvalue weighted by Crippen LogP contribution is 1.85. The summed E-state index contributed by atoms with van der Waals surface area (Å²) in [7, 11) is 0. The summed E-state index contributed by atoms with van der Waals surface area (Å²) in [6, 6.07) is 0. The highest BCUT2D eigenvalue weighted by atomic mass is 16.5. The first-order valence-electron chi connectivity index (χ1n) is 5.43. The SMILES string of the molecule is CCCOC(=O)CC.CCOC(=O)CC. The Morgan fingerprint density at radius 3 is 1.60 bits per heavy atom. The fourth-order valence-corrected chi connectivity index (χ4v) is 0.581. The average molecular weight is 218 g/mol. The maximum Gasteiger partial charge on any atom is 0.305 e. The van der Waals surface area contributed by atoms with Gasteiger partial charge in [-0.15, -0.1) is 0 Å². The van der Waals surface area contributed by atoms with E-state index < -0.39 is 0 Å². The molecule has 90 valence electrons. The lowest BCUT2D eigenvalue weighted by Crippen LogP contribution is -2.02. The van der Waals surface area contributed by atoms with Crippen LogP contribution in [0.25, 0.3) is 0 Å². The molecule has 0 saturated carbocycles. The van der Waals surface area contributed by atoms with E-state index in [1.807, 2.05) is 6.92 Å². The van der Waals surface area contributed by atoms with Gasteiger partial charge in [0.15, 0.2) is 0 Å². The molecule has 0 atom stereocenters. The molecule has 0 N–H and O–H groups in total. The van der Waals surface area contributed by atoms with Gasteiger partial charge < -0.3 is 9.47 Å². The molecule has 0 spiro atoms. The Morgan fingerprint density at radius 2 is 1.33 bits per heavy atom. The van der Waals surface area contributed by atoms with Gasteiger partial charge in [-0.25, -0.2) is 0 Å². The van der Waals surface area contributed by atoms with Gasteiger partial charge >= 0.3 is 11.9 Å². The van der Waals surface area contributed by atoms with E-state index in [4.69, 9.17) is 4.74 Å². The van der Waals surface area contributed by atoms with E-state index in [0.29, 0.717) is 26.1 Å². The molecule has 0 aromatic rings. The molecule has 4 nitrogen and oxygen atoms in total. The molecular formula is C11H22O4. The van der Waals surface area contributed by atoms with Crippen LogP contribution in [0.15, 0.2) is 0 Å². The predicted octanol–water partition coefficient (Wildman–Crippen LogP) is 2.31. The van der Waals surface area contributed by atoms with Crippen LogP contribution in [0.4, 0.5) is 0 Å². The second-order valence-corrected chi connectivity index (χ2v) is 2.73. The van der Waals surface area contributed by atoms with Crippen LogP contribution in [0, 0.1) is 0 Å². The molecule has 15 heavy (non-hydrogen) atoms. The molecule has 0 aromatic heterocycles. The fourth-order valence-electron chi connectivity index (χ4n) is 0.581. The van der Waals surface area contributed by atoms with E-state index in [1.165, 1.54) is 0 Å². The lowest BCUT2D eigenvalue weighted by molar-refractivity contribution is -0.143. The molecule has 0 saturated heterocycles. The van der Waals surface area contributed by atoms with Crippen molar-refractivity contribution in [2.24, 2.45) is 0 Å². The minimum Gasteiger partial charge on any atom is -0.466 e. The Kier molecular flexibility index (Phi) is 14.1. The van der Waals surface area contributed by atoms with Gasteiger partial charge in [0.1, 0.15) is 0 Å². The van der Waals surface area contributed by atoms with Crippen LogP contribution >= 0.6 is 0 Å². The zero-order valence-electron chi connectivity index (χ0n) is 10.2. The first kappa shape index (κ1) is 16.4. The maximum absolute atomic E-state index is 10.3. The first-order chi connectivity index (χ1) is 7.12. The van der Waals surface area contributed by atoms with Gasteiger partial charge in [0.2, 0.25) is 0 Å². The smallest absolute Gasteiger partial charge is 0.305 e. The van der Waals surface area contributed by atoms with Crippen molar-refractivity contribution in [1.29, 1.82) is 0 Å². The molecule has 0 aliphatic heterocycles. The topological polar surface area (TPSA) is 52.6 Å². The summed E-state index contributed by atoms with van der Waals surface area (Å²) in [4.78, 5) is 20.5. The van der Waals surface area contributed by atoms with Gasteiger partial charge in [0, 0.05) is 12.8 Å². The van der Waals surface area contributed by atoms with Crippen LogP contribution in [0.2, 0.25) is 0 Å². The fraction of sp³-hybridized carbons (Fsp3) is 0.818. The molecule has 0 unspecified atom stereocenters. The number of carbonyl (C=O) groups excluding carboxylic acids is 2. The van der Waals surface area contributed by atoms with E-state index >= 15 is 0 Å². The van der Waals surface area contributed by atoms with Crippen molar-refractivity contribution in [3.8, 4) is 0 Å². The van der Waals surface area contributed by atoms with E-state index in [1.54, 1.807) is 20.8 Å². The zero-order valence-corrected chi connectivity index (χ0v) is 10.2. The van der Waals surface area contributed by atoms with Crippen LogP contribution < -0.4 is 0 Å². The van der Waals surface area contributed by atoms with E-state index in [0.717, 1.165) is 6.42 Å². The van der Waals surface area contributed by atoms with E-state index in [-0.39, 0.29) is 11.9 Å². The van der Waals surface area contributed by atoms with Gasteiger partial charge in [-0.2, -0.15) is 0 Å². The van der Waals surface area contributed by atoms with Crippen molar-refractivity contribution < 1.29 is 19.1 Å². The van der Waals surface area contributed by atoms with Gasteiger partial charge in [0.25, 0.3) is 0 Å². The summed E-state index contributed by atoms with van der Waals surface area (Å²) in [5.74, 6) is -0.227. The number of carbonyl (C=O) groups is 2. The van der Waals surface area contributed by atoms with Crippen molar-refractivity contribution in [2.75, 3.05) is 13.2 Å². The third-order valence-electron chi connectivity index (χ3n) is 1.35. The predicted molar refractivity (Wildman–Crippen MR) is 58.5 cm³/mol. The zero-order chi connectivity index (χ0) is 12.1. The lowest BCUT2D eigenvalue weighted by atomic mass is 10.5. The minimum atomic E-state index is -0.123. The number of esters is 2. The van der Waals surface area contributed by atoms with Crippen molar-refractivity contribution >= 4 is 11.9 Å². The third-order valence-corrected chi connectivity index (χ3v) is 1.35. The van der Waals surface area contributed by atoms with Crippen LogP contribution in [0.5, 0.6) is 0 Å². The Balaban J connectivity index is 0. The molecule has 0 rings (SSSR count). The molecule has 4 heteroatoms. The normalized spacial score (nSPS) is 8.53. The quantitative estimate of drug-likeness (QED) is 0.664. The highest BCUT2D eigenvalue weighted by Gasteiger charge is 1.93. The maximum atomic E-state index is 10.3. The number of rotatable bonds is 5. The largest absolute Gasteiger partial charge is 0.466 e. The van der Waals surface area contributed by atoms with Crippen LogP contribution in [0.1, 0.15) is 47.0 Å². The molecular weight excluding hydrogens is 196 g/mol. The van der Waals surface area contributed by atoms with Gasteiger partial charge in [0.05, 0.1) is 13.2 Å².